The summed E-state index contributed by atoms with van der Waals surface area (Å²) in [5.74, 6) is 0.589. The molecule has 8 nitrogen and oxygen atoms in total. The first-order valence-corrected chi connectivity index (χ1v) is 12.4. The maximum atomic E-state index is 12.0. The van der Waals surface area contributed by atoms with E-state index in [4.69, 9.17) is 16.5 Å². The molecule has 1 aliphatic rings. The molecule has 1 saturated heterocycles. The van der Waals surface area contributed by atoms with Crippen molar-refractivity contribution in [2.45, 2.75) is 37.5 Å². The van der Waals surface area contributed by atoms with Crippen LogP contribution < -0.4 is 11.5 Å². The van der Waals surface area contributed by atoms with Crippen LogP contribution in [0.15, 0.2) is 58.7 Å². The molecule has 0 radical (unpaired) electrons. The van der Waals surface area contributed by atoms with E-state index in [1.807, 2.05) is 13.0 Å². The molecule has 1 aromatic heterocycles. The Morgan fingerprint density at radius 1 is 1.09 bits per heavy atom. The van der Waals surface area contributed by atoms with Crippen LogP contribution in [-0.4, -0.2) is 48.6 Å². The van der Waals surface area contributed by atoms with Crippen LogP contribution in [0.4, 0.5) is 5.95 Å². The number of guanidine groups is 1. The van der Waals surface area contributed by atoms with Crippen LogP contribution in [0.3, 0.4) is 0 Å². The second kappa shape index (κ2) is 9.95. The number of allylic oxidation sites excluding steroid dienone is 2. The zero-order valence-electron chi connectivity index (χ0n) is 18.6. The van der Waals surface area contributed by atoms with E-state index < -0.39 is 9.84 Å². The summed E-state index contributed by atoms with van der Waals surface area (Å²) < 4.78 is 24.0. The topological polar surface area (TPSA) is 128 Å². The number of aliphatic imine (C=N–C) groups is 1. The quantitative estimate of drug-likeness (QED) is 0.404. The average molecular weight is 455 g/mol. The first-order valence-electron chi connectivity index (χ1n) is 10.5. The number of hydrogen-bond donors (Lipinski definition) is 2. The number of nitrogens with two attached hydrogens (primary N) is 2. The standard InChI is InChI=1S/C23H30N6O2S/c1-16(18-9-8-10-20(13-18)32(3,30)31)17(2)21(19-14-26-22(24)27-15-19)28-23(25)29-11-6-4-5-7-12-29/h8-10,13-15H,1,4-7,11-12H2,2-3H3,(H2,25,28)(H2,24,26,27)/b21-17-. The van der Waals surface area contributed by atoms with Crippen molar-refractivity contribution in [1.29, 1.82) is 0 Å². The van der Waals surface area contributed by atoms with E-state index in [2.05, 4.69) is 21.4 Å². The molecule has 0 saturated carbocycles. The van der Waals surface area contributed by atoms with Gasteiger partial charge in [0.2, 0.25) is 5.95 Å². The first kappa shape index (κ1) is 23.5. The molecule has 0 bridgehead atoms. The Labute approximate surface area is 189 Å². The van der Waals surface area contributed by atoms with Gasteiger partial charge in [-0.3, -0.25) is 0 Å². The molecule has 4 N–H and O–H groups in total. The van der Waals surface area contributed by atoms with E-state index in [0.29, 0.717) is 28.4 Å². The lowest BCUT2D eigenvalue weighted by atomic mass is 9.97. The van der Waals surface area contributed by atoms with Gasteiger partial charge in [-0.05, 0) is 48.6 Å². The highest BCUT2D eigenvalue weighted by Gasteiger charge is 2.16. The van der Waals surface area contributed by atoms with Crippen molar-refractivity contribution >= 4 is 33.0 Å². The molecule has 170 valence electrons. The highest BCUT2D eigenvalue weighted by atomic mass is 32.2. The van der Waals surface area contributed by atoms with Crippen molar-refractivity contribution in [3.63, 3.8) is 0 Å². The molecule has 2 aromatic rings. The molecule has 0 unspecified atom stereocenters. The molecule has 0 atom stereocenters. The molecule has 32 heavy (non-hydrogen) atoms. The lowest BCUT2D eigenvalue weighted by Gasteiger charge is -2.22. The minimum absolute atomic E-state index is 0.162. The molecule has 0 aliphatic carbocycles. The molecule has 1 fully saturated rings. The van der Waals surface area contributed by atoms with E-state index in [1.54, 1.807) is 30.6 Å². The number of nitrogen functional groups attached to an aromatic ring is 1. The predicted molar refractivity (Wildman–Crippen MR) is 129 cm³/mol. The molecule has 1 aliphatic heterocycles. The molecule has 9 heteroatoms. The zero-order valence-corrected chi connectivity index (χ0v) is 19.4. The summed E-state index contributed by atoms with van der Waals surface area (Å²) in [6, 6.07) is 6.69. The third-order valence-corrected chi connectivity index (χ3v) is 6.63. The summed E-state index contributed by atoms with van der Waals surface area (Å²) >= 11 is 0. The minimum atomic E-state index is -3.34. The van der Waals surface area contributed by atoms with E-state index in [-0.39, 0.29) is 10.8 Å². The van der Waals surface area contributed by atoms with Gasteiger partial charge in [0.25, 0.3) is 0 Å². The van der Waals surface area contributed by atoms with Crippen LogP contribution in [0.25, 0.3) is 11.3 Å². The Morgan fingerprint density at radius 3 is 2.31 bits per heavy atom. The molecule has 0 spiro atoms. The Hall–Kier alpha value is -3.20. The van der Waals surface area contributed by atoms with Crippen molar-refractivity contribution in [2.75, 3.05) is 25.1 Å². The SMILES string of the molecule is C=C(/C(C)=C(\N=C(/N)N1CCCCCC1)c1cnc(N)nc1)c1cccc(S(C)(=O)=O)c1. The fraction of sp³-hybridized carbons (Fsp3) is 0.348. The molecule has 2 heterocycles. The van der Waals surface area contributed by atoms with Crippen molar-refractivity contribution in [3.05, 3.63) is 59.9 Å². The number of aromatic nitrogens is 2. The monoisotopic (exact) mass is 454 g/mol. The molecular formula is C23H30N6O2S. The third kappa shape index (κ3) is 5.73. The smallest absolute Gasteiger partial charge is 0.219 e. The van der Waals surface area contributed by atoms with Gasteiger partial charge < -0.3 is 16.4 Å². The van der Waals surface area contributed by atoms with Gasteiger partial charge in [-0.1, -0.05) is 31.6 Å². The molecule has 0 amide bonds. The second-order valence-electron chi connectivity index (χ2n) is 7.95. The number of rotatable bonds is 5. The molecule has 1 aromatic carbocycles. The number of anilines is 1. The van der Waals surface area contributed by atoms with Crippen LogP contribution in [0.2, 0.25) is 0 Å². The predicted octanol–water partition coefficient (Wildman–Crippen LogP) is 3.10. The minimum Gasteiger partial charge on any atom is -0.369 e. The number of hydrogen-bond acceptors (Lipinski definition) is 6. The van der Waals surface area contributed by atoms with E-state index >= 15 is 0 Å². The largest absolute Gasteiger partial charge is 0.369 e. The van der Waals surface area contributed by atoms with Gasteiger partial charge >= 0.3 is 0 Å². The van der Waals surface area contributed by atoms with Gasteiger partial charge in [0.1, 0.15) is 0 Å². The fourth-order valence-corrected chi connectivity index (χ4v) is 4.25. The summed E-state index contributed by atoms with van der Waals surface area (Å²) in [5.41, 5.74) is 15.4. The second-order valence-corrected chi connectivity index (χ2v) is 9.97. The van der Waals surface area contributed by atoms with Gasteiger partial charge in [-0.15, -0.1) is 0 Å². The summed E-state index contributed by atoms with van der Waals surface area (Å²) in [6.45, 7) is 7.80. The summed E-state index contributed by atoms with van der Waals surface area (Å²) in [4.78, 5) is 15.3. The van der Waals surface area contributed by atoms with Crippen molar-refractivity contribution < 1.29 is 8.42 Å². The normalized spacial score (nSPS) is 16.3. The van der Waals surface area contributed by atoms with Gasteiger partial charge in [0.15, 0.2) is 15.8 Å². The van der Waals surface area contributed by atoms with Crippen molar-refractivity contribution in [1.82, 2.24) is 14.9 Å². The van der Waals surface area contributed by atoms with E-state index in [9.17, 15) is 8.42 Å². The van der Waals surface area contributed by atoms with E-state index in [1.165, 1.54) is 19.1 Å². The average Bonchev–Trinajstić information content (AvgIpc) is 3.06. The Kier molecular flexibility index (Phi) is 7.29. The fourth-order valence-electron chi connectivity index (χ4n) is 3.58. The van der Waals surface area contributed by atoms with Gasteiger partial charge in [0, 0.05) is 37.3 Å². The lowest BCUT2D eigenvalue weighted by molar-refractivity contribution is 0.430. The summed E-state index contributed by atoms with van der Waals surface area (Å²) in [7, 11) is -3.34. The Balaban J connectivity index is 2.07. The summed E-state index contributed by atoms with van der Waals surface area (Å²) in [6.07, 6.45) is 8.89. The highest BCUT2D eigenvalue weighted by Crippen LogP contribution is 2.30. The van der Waals surface area contributed by atoms with Crippen LogP contribution in [0.1, 0.15) is 43.7 Å². The first-order chi connectivity index (χ1) is 15.2. The summed E-state index contributed by atoms with van der Waals surface area (Å²) in [5, 5.41) is 0. The lowest BCUT2D eigenvalue weighted by Crippen LogP contribution is -2.38. The van der Waals surface area contributed by atoms with Crippen molar-refractivity contribution in [3.8, 4) is 0 Å². The Morgan fingerprint density at radius 2 is 1.72 bits per heavy atom. The molecular weight excluding hydrogens is 424 g/mol. The van der Waals surface area contributed by atoms with Gasteiger partial charge in [-0.2, -0.15) is 0 Å². The molecule has 3 rings (SSSR count). The number of likely N-dealkylation sites (tertiary alicyclic amines) is 1. The number of sulfone groups is 1. The van der Waals surface area contributed by atoms with E-state index in [0.717, 1.165) is 31.5 Å². The third-order valence-electron chi connectivity index (χ3n) is 5.52. The van der Waals surface area contributed by atoms with Crippen molar-refractivity contribution in [2.24, 2.45) is 10.7 Å². The number of nitrogens with zero attached hydrogens (tertiary/aromatic N) is 4. The maximum Gasteiger partial charge on any atom is 0.219 e. The highest BCUT2D eigenvalue weighted by molar-refractivity contribution is 7.90. The van der Waals surface area contributed by atoms with Crippen LogP contribution in [-0.2, 0) is 9.84 Å². The van der Waals surface area contributed by atoms with Crippen LogP contribution >= 0.6 is 0 Å². The number of benzene rings is 1. The Bertz CT molecular complexity index is 1150. The van der Waals surface area contributed by atoms with Crippen LogP contribution in [0.5, 0.6) is 0 Å². The van der Waals surface area contributed by atoms with Gasteiger partial charge in [0.05, 0.1) is 10.6 Å². The zero-order chi connectivity index (χ0) is 23.3. The maximum absolute atomic E-state index is 12.0. The van der Waals surface area contributed by atoms with Crippen LogP contribution in [0, 0.1) is 0 Å². The van der Waals surface area contributed by atoms with Gasteiger partial charge in [-0.25, -0.2) is 23.4 Å².